The van der Waals surface area contributed by atoms with Crippen molar-refractivity contribution in [3.05, 3.63) is 70.7 Å². The Morgan fingerprint density at radius 3 is 2.57 bits per heavy atom. The Hall–Kier alpha value is -3.70. The first-order valence-corrected chi connectivity index (χ1v) is 9.14. The molecule has 0 saturated carbocycles. The number of aryl methyl sites for hydroxylation is 1. The Kier molecular flexibility index (Phi) is 5.99. The lowest BCUT2D eigenvalue weighted by atomic mass is 10.2. The molecule has 0 saturated heterocycles. The van der Waals surface area contributed by atoms with E-state index in [0.717, 1.165) is 10.6 Å². The van der Waals surface area contributed by atoms with Gasteiger partial charge in [-0.2, -0.15) is 5.26 Å². The highest BCUT2D eigenvalue weighted by Gasteiger charge is 2.17. The standard InChI is InChI=1S/C20H16N4O3S/c1-13-18(28-20(22-13)14-7-3-2-4-8-14)19(26)24-23-17(25)12-27-16-10-6-5-9-15(16)11-21/h2-10H,12H2,1H3,(H,23,25)(H,24,26). The normalized spacial score (nSPS) is 10.0. The molecule has 0 aliphatic rings. The molecular formula is C20H16N4O3S. The Morgan fingerprint density at radius 2 is 1.82 bits per heavy atom. The zero-order valence-electron chi connectivity index (χ0n) is 14.9. The monoisotopic (exact) mass is 392 g/mol. The molecule has 28 heavy (non-hydrogen) atoms. The van der Waals surface area contributed by atoms with Gasteiger partial charge in [-0.15, -0.1) is 11.3 Å². The number of ether oxygens (including phenoxy) is 1. The third kappa shape index (κ3) is 4.52. The van der Waals surface area contributed by atoms with Gasteiger partial charge in [0.15, 0.2) is 6.61 Å². The minimum absolute atomic E-state index is 0.303. The smallest absolute Gasteiger partial charge is 0.281 e. The molecule has 1 aromatic heterocycles. The van der Waals surface area contributed by atoms with Crippen molar-refractivity contribution in [2.45, 2.75) is 6.92 Å². The molecule has 0 atom stereocenters. The number of carbonyl (C=O) groups excluding carboxylic acids is 2. The van der Waals surface area contributed by atoms with Gasteiger partial charge in [-0.05, 0) is 19.1 Å². The summed E-state index contributed by atoms with van der Waals surface area (Å²) in [6.07, 6.45) is 0. The number of para-hydroxylation sites is 1. The summed E-state index contributed by atoms with van der Waals surface area (Å²) in [5.74, 6) is -0.702. The average molecular weight is 392 g/mol. The second kappa shape index (κ2) is 8.79. The summed E-state index contributed by atoms with van der Waals surface area (Å²) in [5, 5.41) is 9.73. The lowest BCUT2D eigenvalue weighted by Crippen LogP contribution is -2.43. The largest absolute Gasteiger partial charge is 0.482 e. The molecule has 2 aromatic carbocycles. The molecule has 1 heterocycles. The van der Waals surface area contributed by atoms with Gasteiger partial charge < -0.3 is 4.74 Å². The van der Waals surface area contributed by atoms with Crippen molar-refractivity contribution in [2.24, 2.45) is 0 Å². The molecule has 0 unspecified atom stereocenters. The summed E-state index contributed by atoms with van der Waals surface area (Å²) < 4.78 is 5.32. The van der Waals surface area contributed by atoms with Crippen LogP contribution in [0.5, 0.6) is 5.75 Å². The molecule has 3 aromatic rings. The molecule has 0 fully saturated rings. The Labute approximate surface area is 165 Å². The van der Waals surface area contributed by atoms with Crippen LogP contribution in [-0.4, -0.2) is 23.4 Å². The van der Waals surface area contributed by atoms with Crippen molar-refractivity contribution in [1.29, 1.82) is 5.26 Å². The zero-order valence-corrected chi connectivity index (χ0v) is 15.7. The number of hydrazine groups is 1. The number of carbonyl (C=O) groups is 2. The number of thiazole rings is 1. The van der Waals surface area contributed by atoms with Crippen LogP contribution in [0.25, 0.3) is 10.6 Å². The maximum Gasteiger partial charge on any atom is 0.281 e. The van der Waals surface area contributed by atoms with E-state index in [1.807, 2.05) is 36.4 Å². The molecule has 3 rings (SSSR count). The van der Waals surface area contributed by atoms with E-state index in [1.165, 1.54) is 11.3 Å². The first kappa shape index (κ1) is 19.1. The number of nitriles is 1. The van der Waals surface area contributed by atoms with Gasteiger partial charge in [-0.3, -0.25) is 20.4 Å². The fourth-order valence-electron chi connectivity index (χ4n) is 2.36. The second-order valence-corrected chi connectivity index (χ2v) is 6.70. The van der Waals surface area contributed by atoms with Crippen molar-refractivity contribution in [3.8, 4) is 22.4 Å². The van der Waals surface area contributed by atoms with Crippen molar-refractivity contribution >= 4 is 23.2 Å². The Balaban J connectivity index is 1.56. The molecule has 0 radical (unpaired) electrons. The first-order chi connectivity index (χ1) is 13.6. The summed E-state index contributed by atoms with van der Waals surface area (Å²) in [5.41, 5.74) is 6.48. The van der Waals surface area contributed by atoms with Crippen LogP contribution in [0.1, 0.15) is 20.9 Å². The Bertz CT molecular complexity index is 1040. The summed E-state index contributed by atoms with van der Waals surface area (Å²) in [7, 11) is 0. The highest BCUT2D eigenvalue weighted by Crippen LogP contribution is 2.27. The van der Waals surface area contributed by atoms with Crippen LogP contribution in [0.15, 0.2) is 54.6 Å². The SMILES string of the molecule is Cc1nc(-c2ccccc2)sc1C(=O)NNC(=O)COc1ccccc1C#N. The molecule has 7 nitrogen and oxygen atoms in total. The predicted octanol–water partition coefficient (Wildman–Crippen LogP) is 2.83. The van der Waals surface area contributed by atoms with Crippen molar-refractivity contribution in [2.75, 3.05) is 6.61 Å². The van der Waals surface area contributed by atoms with Gasteiger partial charge in [0.25, 0.3) is 11.8 Å². The highest BCUT2D eigenvalue weighted by atomic mass is 32.1. The van der Waals surface area contributed by atoms with E-state index in [2.05, 4.69) is 15.8 Å². The maximum absolute atomic E-state index is 12.3. The van der Waals surface area contributed by atoms with E-state index in [0.29, 0.717) is 21.9 Å². The van der Waals surface area contributed by atoms with E-state index >= 15 is 0 Å². The van der Waals surface area contributed by atoms with Crippen LogP contribution < -0.4 is 15.6 Å². The number of amides is 2. The quantitative estimate of drug-likeness (QED) is 0.650. The van der Waals surface area contributed by atoms with Gasteiger partial charge in [0.1, 0.15) is 21.7 Å². The van der Waals surface area contributed by atoms with E-state index in [4.69, 9.17) is 10.00 Å². The summed E-state index contributed by atoms with van der Waals surface area (Å²) in [4.78, 5) is 29.1. The minimum atomic E-state index is -0.549. The van der Waals surface area contributed by atoms with Crippen molar-refractivity contribution < 1.29 is 14.3 Å². The van der Waals surface area contributed by atoms with Gasteiger partial charge in [0.2, 0.25) is 0 Å². The number of hydrogen-bond donors (Lipinski definition) is 2. The molecule has 140 valence electrons. The predicted molar refractivity (Wildman–Crippen MR) is 105 cm³/mol. The van der Waals surface area contributed by atoms with Crippen molar-refractivity contribution in [1.82, 2.24) is 15.8 Å². The van der Waals surface area contributed by atoms with Gasteiger partial charge in [-0.1, -0.05) is 42.5 Å². The number of aromatic nitrogens is 1. The number of nitrogens with one attached hydrogen (secondary N) is 2. The van der Waals surface area contributed by atoms with Crippen LogP contribution in [0.2, 0.25) is 0 Å². The van der Waals surface area contributed by atoms with Crippen LogP contribution in [0.4, 0.5) is 0 Å². The van der Waals surface area contributed by atoms with Crippen LogP contribution in [0.3, 0.4) is 0 Å². The topological polar surface area (TPSA) is 104 Å². The highest BCUT2D eigenvalue weighted by molar-refractivity contribution is 7.17. The molecule has 0 bridgehead atoms. The molecule has 0 spiro atoms. The van der Waals surface area contributed by atoms with Gasteiger partial charge in [-0.25, -0.2) is 4.98 Å². The van der Waals surface area contributed by atoms with E-state index in [-0.39, 0.29) is 6.61 Å². The fraction of sp³-hybridized carbons (Fsp3) is 0.100. The summed E-state index contributed by atoms with van der Waals surface area (Å²) >= 11 is 1.25. The summed E-state index contributed by atoms with van der Waals surface area (Å²) in [6.45, 7) is 1.40. The number of nitrogens with zero attached hydrogens (tertiary/aromatic N) is 2. The number of hydrogen-bond acceptors (Lipinski definition) is 6. The van der Waals surface area contributed by atoms with Crippen molar-refractivity contribution in [3.63, 3.8) is 0 Å². The van der Waals surface area contributed by atoms with Crippen LogP contribution >= 0.6 is 11.3 Å². The van der Waals surface area contributed by atoms with Gasteiger partial charge in [0, 0.05) is 5.56 Å². The van der Waals surface area contributed by atoms with Gasteiger partial charge in [0.05, 0.1) is 11.3 Å². The fourth-order valence-corrected chi connectivity index (χ4v) is 3.33. The maximum atomic E-state index is 12.3. The molecule has 8 heteroatoms. The summed E-state index contributed by atoms with van der Waals surface area (Å²) in [6, 6.07) is 18.1. The van der Waals surface area contributed by atoms with E-state index < -0.39 is 11.8 Å². The molecule has 0 aliphatic carbocycles. The molecule has 2 N–H and O–H groups in total. The third-order valence-electron chi connectivity index (χ3n) is 3.71. The lowest BCUT2D eigenvalue weighted by molar-refractivity contribution is -0.123. The molecule has 2 amide bonds. The zero-order chi connectivity index (χ0) is 19.9. The lowest BCUT2D eigenvalue weighted by Gasteiger charge is -2.09. The average Bonchev–Trinajstić information content (AvgIpc) is 3.13. The van der Waals surface area contributed by atoms with Gasteiger partial charge >= 0.3 is 0 Å². The van der Waals surface area contributed by atoms with E-state index in [1.54, 1.807) is 31.2 Å². The number of benzene rings is 2. The Morgan fingerprint density at radius 1 is 1.11 bits per heavy atom. The minimum Gasteiger partial charge on any atom is -0.482 e. The first-order valence-electron chi connectivity index (χ1n) is 8.32. The van der Waals surface area contributed by atoms with Crippen LogP contribution in [-0.2, 0) is 4.79 Å². The van der Waals surface area contributed by atoms with Crippen LogP contribution in [0, 0.1) is 18.3 Å². The molecular weight excluding hydrogens is 376 g/mol. The molecule has 0 aliphatic heterocycles. The third-order valence-corrected chi connectivity index (χ3v) is 4.91. The van der Waals surface area contributed by atoms with E-state index in [9.17, 15) is 9.59 Å². The number of rotatable bonds is 5. The second-order valence-electron chi connectivity index (χ2n) is 5.70.